The molecule has 4 heteroatoms. The van der Waals surface area contributed by atoms with E-state index >= 15 is 0 Å². The zero-order valence-electron chi connectivity index (χ0n) is 7.36. The smallest absolute Gasteiger partial charge is 0.171 e. The summed E-state index contributed by atoms with van der Waals surface area (Å²) in [5, 5.41) is 20.5. The average Bonchev–Trinajstić information content (AvgIpc) is 2.08. The molecule has 1 aromatic rings. The number of anilines is 2. The number of aliphatic hydroxyl groups excluding tert-OH is 1. The predicted octanol–water partition coefficient (Wildman–Crippen LogP) is 0.180. The van der Waals surface area contributed by atoms with E-state index in [1.165, 1.54) is 0 Å². The molecule has 4 nitrogen and oxygen atoms in total. The van der Waals surface area contributed by atoms with Gasteiger partial charge in [-0.25, -0.2) is 0 Å². The molecule has 0 aliphatic rings. The molecule has 0 aliphatic heterocycles. The van der Waals surface area contributed by atoms with Crippen molar-refractivity contribution in [2.75, 3.05) is 11.1 Å². The van der Waals surface area contributed by atoms with Gasteiger partial charge in [0.15, 0.2) is 6.29 Å². The summed E-state index contributed by atoms with van der Waals surface area (Å²) < 4.78 is 0. The molecular weight excluding hydrogens is 168 g/mol. The number of hydrogen-bond donors (Lipinski definition) is 4. The first kappa shape index (κ1) is 9.83. The van der Waals surface area contributed by atoms with Gasteiger partial charge in [-0.1, -0.05) is 6.07 Å². The minimum absolute atomic E-state index is 0.460. The van der Waals surface area contributed by atoms with Crippen LogP contribution in [0.25, 0.3) is 0 Å². The second-order valence-electron chi connectivity index (χ2n) is 2.86. The van der Waals surface area contributed by atoms with Crippen LogP contribution < -0.4 is 11.1 Å². The van der Waals surface area contributed by atoms with Gasteiger partial charge in [0.1, 0.15) is 0 Å². The van der Waals surface area contributed by atoms with Gasteiger partial charge in [0.2, 0.25) is 0 Å². The molecule has 71 valence electrons. The number of hydrogen-bond acceptors (Lipinski definition) is 4. The normalized spacial score (nSPS) is 12.9. The Balaban J connectivity index is 2.69. The van der Waals surface area contributed by atoms with Crippen LogP contribution in [0.1, 0.15) is 6.92 Å². The first-order valence-corrected chi connectivity index (χ1v) is 3.99. The van der Waals surface area contributed by atoms with Gasteiger partial charge in [-0.2, -0.15) is 0 Å². The van der Waals surface area contributed by atoms with Gasteiger partial charge < -0.3 is 21.3 Å². The highest BCUT2D eigenvalue weighted by Crippen LogP contribution is 2.17. The molecular formula is C9H13N2O2. The number of nitrogens with one attached hydrogen (secondary N) is 1. The molecule has 0 amide bonds. The molecule has 1 aromatic carbocycles. The van der Waals surface area contributed by atoms with Crippen LogP contribution in [0.3, 0.4) is 0 Å². The van der Waals surface area contributed by atoms with Gasteiger partial charge in [-0.15, -0.1) is 0 Å². The van der Waals surface area contributed by atoms with E-state index in [4.69, 9.17) is 15.9 Å². The van der Waals surface area contributed by atoms with Crippen LogP contribution in [-0.2, 0) is 0 Å². The molecule has 0 unspecified atom stereocenters. The SMILES string of the molecule is C[C@H](Nc1c[c]ccc1N)C(O)O. The van der Waals surface area contributed by atoms with Crippen molar-refractivity contribution in [1.82, 2.24) is 0 Å². The van der Waals surface area contributed by atoms with Crippen LogP contribution in [0.5, 0.6) is 0 Å². The maximum Gasteiger partial charge on any atom is 0.171 e. The molecule has 1 rings (SSSR count). The topological polar surface area (TPSA) is 78.5 Å². The lowest BCUT2D eigenvalue weighted by molar-refractivity contribution is -0.0491. The summed E-state index contributed by atoms with van der Waals surface area (Å²) in [4.78, 5) is 0. The van der Waals surface area contributed by atoms with E-state index in [9.17, 15) is 0 Å². The molecule has 0 saturated carbocycles. The van der Waals surface area contributed by atoms with Crippen LogP contribution in [0.15, 0.2) is 18.2 Å². The summed E-state index contributed by atoms with van der Waals surface area (Å²) in [5.74, 6) is 0. The van der Waals surface area contributed by atoms with E-state index in [1.54, 1.807) is 25.1 Å². The van der Waals surface area contributed by atoms with Crippen molar-refractivity contribution >= 4 is 11.4 Å². The molecule has 0 aromatic heterocycles. The Bertz CT molecular complexity index is 276. The molecule has 0 aliphatic carbocycles. The number of nitrogen functional groups attached to an aromatic ring is 1. The highest BCUT2D eigenvalue weighted by atomic mass is 16.5. The lowest BCUT2D eigenvalue weighted by Crippen LogP contribution is -2.30. The average molecular weight is 181 g/mol. The van der Waals surface area contributed by atoms with E-state index in [0.29, 0.717) is 11.4 Å². The van der Waals surface area contributed by atoms with Gasteiger partial charge in [-0.3, -0.25) is 0 Å². The second kappa shape index (κ2) is 4.11. The number of benzene rings is 1. The minimum atomic E-state index is -1.40. The minimum Gasteiger partial charge on any atom is -0.397 e. The Labute approximate surface area is 77.0 Å². The third-order valence-electron chi connectivity index (χ3n) is 1.73. The van der Waals surface area contributed by atoms with Gasteiger partial charge in [0, 0.05) is 0 Å². The van der Waals surface area contributed by atoms with Crippen molar-refractivity contribution in [2.45, 2.75) is 19.3 Å². The largest absolute Gasteiger partial charge is 0.397 e. The third kappa shape index (κ3) is 2.61. The van der Waals surface area contributed by atoms with Crippen molar-refractivity contribution in [2.24, 2.45) is 0 Å². The first-order chi connectivity index (χ1) is 6.11. The summed E-state index contributed by atoms with van der Waals surface area (Å²) in [6.07, 6.45) is -1.40. The van der Waals surface area contributed by atoms with Crippen molar-refractivity contribution in [1.29, 1.82) is 0 Å². The lowest BCUT2D eigenvalue weighted by atomic mass is 10.2. The molecule has 1 atom stereocenters. The number of nitrogens with two attached hydrogens (primary N) is 1. The Morgan fingerprint density at radius 2 is 2.23 bits per heavy atom. The standard InChI is InChI=1S/C9H13N2O2/c1-6(9(12)13)11-8-5-3-2-4-7(8)10/h2,4-6,9,11-13H,10H2,1H3/t6-/m0/s1. The van der Waals surface area contributed by atoms with Crippen LogP contribution in [-0.4, -0.2) is 22.5 Å². The zero-order chi connectivity index (χ0) is 9.84. The fourth-order valence-electron chi connectivity index (χ4n) is 0.887. The summed E-state index contributed by atoms with van der Waals surface area (Å²) in [7, 11) is 0. The van der Waals surface area contributed by atoms with Crippen LogP contribution in [0.4, 0.5) is 11.4 Å². The van der Waals surface area contributed by atoms with Gasteiger partial charge in [-0.05, 0) is 25.1 Å². The second-order valence-corrected chi connectivity index (χ2v) is 2.86. The summed E-state index contributed by atoms with van der Waals surface area (Å²) in [6, 6.07) is 7.43. The van der Waals surface area contributed by atoms with Crippen LogP contribution >= 0.6 is 0 Å². The molecule has 13 heavy (non-hydrogen) atoms. The maximum atomic E-state index is 8.82. The quantitative estimate of drug-likeness (QED) is 0.396. The van der Waals surface area contributed by atoms with Crippen molar-refractivity contribution in [3.63, 3.8) is 0 Å². The first-order valence-electron chi connectivity index (χ1n) is 3.99. The molecule has 5 N–H and O–H groups in total. The predicted molar refractivity (Wildman–Crippen MR) is 51.0 cm³/mol. The van der Waals surface area contributed by atoms with E-state index in [1.807, 2.05) is 0 Å². The molecule has 0 fully saturated rings. The van der Waals surface area contributed by atoms with Crippen molar-refractivity contribution in [3.05, 3.63) is 24.3 Å². The van der Waals surface area contributed by atoms with Gasteiger partial charge in [0.05, 0.1) is 17.4 Å². The van der Waals surface area contributed by atoms with E-state index in [0.717, 1.165) is 0 Å². The fourth-order valence-corrected chi connectivity index (χ4v) is 0.887. The fraction of sp³-hybridized carbons (Fsp3) is 0.333. The highest BCUT2D eigenvalue weighted by Gasteiger charge is 2.10. The van der Waals surface area contributed by atoms with Gasteiger partial charge in [0.25, 0.3) is 0 Å². The van der Waals surface area contributed by atoms with Gasteiger partial charge >= 0.3 is 0 Å². The Hall–Kier alpha value is -1.26. The summed E-state index contributed by atoms with van der Waals surface area (Å²) in [6.45, 7) is 1.65. The monoisotopic (exact) mass is 181 g/mol. The highest BCUT2D eigenvalue weighted by molar-refractivity contribution is 5.65. The Morgan fingerprint density at radius 3 is 2.77 bits per heavy atom. The van der Waals surface area contributed by atoms with Crippen LogP contribution in [0, 0.1) is 6.07 Å². The lowest BCUT2D eigenvalue weighted by Gasteiger charge is -2.17. The van der Waals surface area contributed by atoms with E-state index in [2.05, 4.69) is 11.4 Å². The summed E-state index contributed by atoms with van der Waals surface area (Å²) >= 11 is 0. The zero-order valence-corrected chi connectivity index (χ0v) is 7.36. The molecule has 0 bridgehead atoms. The Morgan fingerprint density at radius 1 is 1.54 bits per heavy atom. The van der Waals surface area contributed by atoms with Crippen LogP contribution in [0.2, 0.25) is 0 Å². The summed E-state index contributed by atoms with van der Waals surface area (Å²) in [5.41, 5.74) is 6.84. The van der Waals surface area contributed by atoms with E-state index < -0.39 is 12.3 Å². The van der Waals surface area contributed by atoms with Crippen molar-refractivity contribution in [3.8, 4) is 0 Å². The molecule has 1 radical (unpaired) electrons. The Kier molecular flexibility index (Phi) is 3.11. The number of rotatable bonds is 3. The molecule has 0 saturated heterocycles. The number of aliphatic hydroxyl groups is 2. The van der Waals surface area contributed by atoms with E-state index in [-0.39, 0.29) is 0 Å². The van der Waals surface area contributed by atoms with Crippen molar-refractivity contribution < 1.29 is 10.2 Å². The molecule has 0 spiro atoms. The third-order valence-corrected chi connectivity index (χ3v) is 1.73. The molecule has 0 heterocycles. The maximum absolute atomic E-state index is 8.82.